The maximum absolute atomic E-state index is 13.8. The van der Waals surface area contributed by atoms with E-state index in [2.05, 4.69) is 35.8 Å². The first-order valence-electron chi connectivity index (χ1n) is 35.7. The average Bonchev–Trinajstić information content (AvgIpc) is 0.774. The number of ether oxygens (including phenoxy) is 14. The van der Waals surface area contributed by atoms with E-state index >= 15 is 0 Å². The van der Waals surface area contributed by atoms with Gasteiger partial charge in [0.2, 0.25) is 0 Å². The summed E-state index contributed by atoms with van der Waals surface area (Å²) in [7, 11) is 2.26. The molecule has 0 amide bonds. The van der Waals surface area contributed by atoms with Crippen molar-refractivity contribution in [3.05, 3.63) is 213 Å². The van der Waals surface area contributed by atoms with Gasteiger partial charge in [0.25, 0.3) is 0 Å². The lowest BCUT2D eigenvalue weighted by molar-refractivity contribution is -0.144. The molecular formula is C84H96O26. The number of fused-ring (bicyclic) bond motifs is 8. The lowest BCUT2D eigenvalue weighted by Gasteiger charge is -2.25. The Morgan fingerprint density at radius 3 is 0.673 bits per heavy atom. The smallest absolute Gasteiger partial charge is 0.337 e. The first kappa shape index (κ1) is 88.7. The Morgan fingerprint density at radius 2 is 0.491 bits per heavy atom. The summed E-state index contributed by atoms with van der Waals surface area (Å²) in [5.41, 5.74) is 5.26. The van der Waals surface area contributed by atoms with Crippen LogP contribution in [0.15, 0.2) is 146 Å². The Kier molecular flexibility index (Phi) is 37.9. The van der Waals surface area contributed by atoms with Gasteiger partial charge in [0.15, 0.2) is 11.6 Å². The topological polar surface area (TPSA) is 334 Å². The Labute approximate surface area is 640 Å². The predicted octanol–water partition coefficient (Wildman–Crippen LogP) is 11.4. The molecule has 0 radical (unpaired) electrons. The number of benzene rings is 4. The summed E-state index contributed by atoms with van der Waals surface area (Å²) < 4.78 is 81.3. The number of methoxy groups -OCH3 is 2. The normalized spacial score (nSPS) is 11.6. The molecule has 0 fully saturated rings. The van der Waals surface area contributed by atoms with Crippen molar-refractivity contribution in [2.75, 3.05) is 67.1 Å². The molecule has 0 saturated carbocycles. The molecule has 0 saturated heterocycles. The van der Waals surface area contributed by atoms with Crippen LogP contribution in [0.5, 0.6) is 23.0 Å². The van der Waals surface area contributed by atoms with E-state index in [0.29, 0.717) is 115 Å². The van der Waals surface area contributed by atoms with Gasteiger partial charge in [0, 0.05) is 62.1 Å². The molecule has 8 bridgehead atoms. The minimum Gasteiger partial charge on any atom is -0.493 e. The van der Waals surface area contributed by atoms with Gasteiger partial charge < -0.3 is 66.3 Å². The molecule has 0 unspecified atom stereocenters. The van der Waals surface area contributed by atoms with Crippen LogP contribution in [0, 0.1) is 0 Å². The molecule has 0 aromatic heterocycles. The summed E-state index contributed by atoms with van der Waals surface area (Å²) in [5.74, 6) is -8.12. The highest BCUT2D eigenvalue weighted by Crippen LogP contribution is 2.42. The second-order valence-electron chi connectivity index (χ2n) is 25.2. The van der Waals surface area contributed by atoms with Crippen LogP contribution in [0.25, 0.3) is 0 Å². The number of hydrogen-bond donors (Lipinski definition) is 0. The monoisotopic (exact) mass is 1520 g/mol. The highest BCUT2D eigenvalue weighted by atomic mass is 16.6. The highest BCUT2D eigenvalue weighted by Gasteiger charge is 2.27. The lowest BCUT2D eigenvalue weighted by atomic mass is 9.88. The number of carbonyl (C=O) groups excluding carboxylic acids is 12. The van der Waals surface area contributed by atoms with E-state index in [-0.39, 0.29) is 101 Å². The number of carbonyl (C=O) groups is 12. The SMILES string of the molecule is C=C(COC(=O)/C=C\C(C)=O)C(=O)OCc1cc2c(OCCCC)c(c1)Cc1cc(COC(=O)C(=C)COC(=O)/C=C\C(=O)OC)cc(c1OCCCC)Cc1cc(COC(=O)C(=C)COC(=O)/C=C\C(=O)OC)cc(c1OCCCC)Cc1cc(COC(=O)C(=C)COC(=O)/C=C\C(C)=O)cc(c1OCCCC)C2. The van der Waals surface area contributed by atoms with Crippen LogP contribution in [0.3, 0.4) is 0 Å². The lowest BCUT2D eigenvalue weighted by Crippen LogP contribution is -2.16. The van der Waals surface area contributed by atoms with E-state index in [9.17, 15) is 57.5 Å². The van der Waals surface area contributed by atoms with Gasteiger partial charge in [-0.2, -0.15) is 0 Å². The maximum Gasteiger partial charge on any atom is 0.337 e. The zero-order valence-electron chi connectivity index (χ0n) is 63.7. The van der Waals surface area contributed by atoms with Crippen LogP contribution in [0.4, 0.5) is 0 Å². The van der Waals surface area contributed by atoms with Crippen molar-refractivity contribution >= 4 is 71.3 Å². The Bertz CT molecular complexity index is 3840. The van der Waals surface area contributed by atoms with Crippen molar-refractivity contribution in [2.45, 2.75) is 145 Å². The van der Waals surface area contributed by atoms with Crippen LogP contribution in [-0.4, -0.2) is 138 Å². The van der Waals surface area contributed by atoms with E-state index in [4.69, 9.17) is 56.8 Å². The summed E-state index contributed by atoms with van der Waals surface area (Å²) >= 11 is 0. The molecular weight excluding hydrogens is 1420 g/mol. The largest absolute Gasteiger partial charge is 0.493 e. The van der Waals surface area contributed by atoms with Gasteiger partial charge in [-0.3, -0.25) is 9.59 Å². The quantitative estimate of drug-likeness (QED) is 0.0151. The average molecular weight is 1520 g/mol. The molecule has 1 aliphatic carbocycles. The van der Waals surface area contributed by atoms with E-state index < -0.39 is 97.7 Å². The second kappa shape index (κ2) is 47.0. The fourth-order valence-electron chi connectivity index (χ4n) is 10.4. The third-order valence-corrected chi connectivity index (χ3v) is 15.9. The van der Waals surface area contributed by atoms with Gasteiger partial charge in [-0.05, 0) is 167 Å². The van der Waals surface area contributed by atoms with E-state index in [1.165, 1.54) is 13.8 Å². The second-order valence-corrected chi connectivity index (χ2v) is 25.2. The number of ketones is 2. The van der Waals surface area contributed by atoms with Crippen molar-refractivity contribution in [3.63, 3.8) is 0 Å². The first-order valence-corrected chi connectivity index (χ1v) is 35.7. The summed E-state index contributed by atoms with van der Waals surface area (Å²) in [6.45, 7) is 22.8. The number of esters is 10. The van der Waals surface area contributed by atoms with Crippen LogP contribution in [-0.2, 0) is 157 Å². The fraction of sp³-hybridized carbons (Fsp3) is 0.381. The van der Waals surface area contributed by atoms with Gasteiger partial charge in [-0.15, -0.1) is 0 Å². The molecule has 5 rings (SSSR count). The molecule has 1 aliphatic rings. The third-order valence-electron chi connectivity index (χ3n) is 15.9. The number of allylic oxidation sites excluding steroid dienone is 2. The molecule has 0 aliphatic heterocycles. The van der Waals surface area contributed by atoms with Crippen LogP contribution in [0.1, 0.15) is 160 Å². The van der Waals surface area contributed by atoms with Gasteiger partial charge in [0.05, 0.1) is 62.9 Å². The standard InChI is InChI=1S/C84H96O26/c1-13-17-29-99-77-63-33-59(49-107-81(93)53(5)45-103-73(89)23-21-57(9)85)35-65(77)42-67-37-61(51-109-83(95)55(7)47-105-75(91)27-25-71(87)97-11)39-69(79(67)101-31-19-15-3)44-70-40-62(52-110-84(96)56(8)48-106-76(92)28-26-72(88)98-12)38-68(80(70)102-32-20-16-4)43-66-36-60(34-64(41-63)78(66)100-30-18-14-2)50-108-82(94)54(6)46-104-74(90)24-22-58(10)86/h21-28,33-40H,5-8,13-20,29-32,41-52H2,1-4,9-12H3/b23-21-,24-22-,27-25-,28-26-. The molecule has 0 heterocycles. The highest BCUT2D eigenvalue weighted by molar-refractivity contribution is 5.97. The summed E-state index contributed by atoms with van der Waals surface area (Å²) in [4.78, 5) is 152. The van der Waals surface area contributed by atoms with Crippen LogP contribution in [0.2, 0.25) is 0 Å². The zero-order valence-corrected chi connectivity index (χ0v) is 63.7. The van der Waals surface area contributed by atoms with Gasteiger partial charge in [0.1, 0.15) is 75.9 Å². The van der Waals surface area contributed by atoms with Crippen molar-refractivity contribution in [1.29, 1.82) is 0 Å². The molecule has 4 aromatic carbocycles. The maximum atomic E-state index is 13.8. The van der Waals surface area contributed by atoms with E-state index in [1.54, 1.807) is 24.3 Å². The van der Waals surface area contributed by atoms with Crippen molar-refractivity contribution < 1.29 is 124 Å². The molecule has 26 nitrogen and oxygen atoms in total. The van der Waals surface area contributed by atoms with E-state index in [1.807, 2.05) is 52.0 Å². The third kappa shape index (κ3) is 30.7. The Hall–Kier alpha value is -12.0. The summed E-state index contributed by atoms with van der Waals surface area (Å²) in [6.07, 6.45) is 12.7. The fourth-order valence-corrected chi connectivity index (χ4v) is 10.4. The predicted molar refractivity (Wildman–Crippen MR) is 400 cm³/mol. The van der Waals surface area contributed by atoms with Crippen molar-refractivity contribution in [2.24, 2.45) is 0 Å². The number of unbranched alkanes of at least 4 members (excludes halogenated alkanes) is 4. The molecule has 0 N–H and O–H groups in total. The summed E-state index contributed by atoms with van der Waals surface area (Å²) in [6, 6.07) is 14.5. The van der Waals surface area contributed by atoms with E-state index in [0.717, 1.165) is 88.5 Å². The minimum absolute atomic E-state index is 0.0105. The van der Waals surface area contributed by atoms with Gasteiger partial charge in [-0.1, -0.05) is 79.7 Å². The Morgan fingerprint density at radius 1 is 0.300 bits per heavy atom. The molecule has 0 spiro atoms. The first-order chi connectivity index (χ1) is 52.7. The van der Waals surface area contributed by atoms with Gasteiger partial charge in [-0.25, -0.2) is 47.9 Å². The molecule has 110 heavy (non-hydrogen) atoms. The molecule has 4 aromatic rings. The minimum atomic E-state index is -0.962. The van der Waals surface area contributed by atoms with Gasteiger partial charge >= 0.3 is 59.7 Å². The van der Waals surface area contributed by atoms with Crippen molar-refractivity contribution in [1.82, 2.24) is 0 Å². The number of rotatable bonds is 44. The van der Waals surface area contributed by atoms with Crippen LogP contribution < -0.4 is 18.9 Å². The zero-order chi connectivity index (χ0) is 80.7. The molecule has 26 heteroatoms. The summed E-state index contributed by atoms with van der Waals surface area (Å²) in [5, 5.41) is 0. The molecule has 0 atom stereocenters. The molecule has 588 valence electrons. The van der Waals surface area contributed by atoms with Crippen LogP contribution >= 0.6 is 0 Å². The Balaban J connectivity index is 1.90. The number of hydrogen-bond acceptors (Lipinski definition) is 26. The van der Waals surface area contributed by atoms with Crippen molar-refractivity contribution in [3.8, 4) is 23.0 Å².